The highest BCUT2D eigenvalue weighted by Gasteiger charge is 2.30. The number of alkyl halides is 3. The van der Waals surface area contributed by atoms with Crippen LogP contribution in [-0.2, 0) is 0 Å². The molecule has 3 nitrogen and oxygen atoms in total. The van der Waals surface area contributed by atoms with Crippen LogP contribution in [0.15, 0.2) is 24.3 Å². The van der Waals surface area contributed by atoms with Crippen molar-refractivity contribution in [3.8, 4) is 11.8 Å². The van der Waals surface area contributed by atoms with Gasteiger partial charge in [0.15, 0.2) is 0 Å². The Labute approximate surface area is 115 Å². The molecule has 108 valence electrons. The zero-order valence-corrected chi connectivity index (χ0v) is 10.9. The number of carbonyl (C=O) groups is 1. The smallest absolute Gasteiger partial charge is 0.349 e. The zero-order chi connectivity index (χ0) is 15.2. The van der Waals surface area contributed by atoms with Crippen LogP contribution in [-0.4, -0.2) is 24.7 Å². The van der Waals surface area contributed by atoms with Gasteiger partial charge in [-0.15, -0.1) is 0 Å². The number of carbonyl (C=O) groups excluding carboxylic acids is 1. The number of amides is 1. The van der Waals surface area contributed by atoms with Gasteiger partial charge in [-0.25, -0.2) is 0 Å². The molecule has 0 fully saturated rings. The van der Waals surface area contributed by atoms with E-state index in [4.69, 9.17) is 5.73 Å². The van der Waals surface area contributed by atoms with E-state index in [1.165, 1.54) is 19.1 Å². The first-order valence-electron chi connectivity index (χ1n) is 5.98. The van der Waals surface area contributed by atoms with E-state index in [2.05, 4.69) is 17.2 Å². The van der Waals surface area contributed by atoms with Crippen molar-refractivity contribution in [3.05, 3.63) is 35.4 Å². The van der Waals surface area contributed by atoms with E-state index in [-0.39, 0.29) is 12.1 Å². The molecule has 0 saturated heterocycles. The summed E-state index contributed by atoms with van der Waals surface area (Å²) >= 11 is 0. The van der Waals surface area contributed by atoms with Gasteiger partial charge in [-0.3, -0.25) is 4.79 Å². The van der Waals surface area contributed by atoms with Gasteiger partial charge < -0.3 is 11.1 Å². The van der Waals surface area contributed by atoms with Crippen LogP contribution in [0.5, 0.6) is 0 Å². The summed E-state index contributed by atoms with van der Waals surface area (Å²) < 4.78 is 36.5. The Morgan fingerprint density at radius 1 is 1.35 bits per heavy atom. The van der Waals surface area contributed by atoms with E-state index in [1.807, 2.05) is 0 Å². The second kappa shape index (κ2) is 6.96. The molecular formula is C14H15F3N2O. The van der Waals surface area contributed by atoms with E-state index < -0.39 is 24.5 Å². The van der Waals surface area contributed by atoms with Crippen molar-refractivity contribution in [2.24, 2.45) is 5.73 Å². The molecule has 0 bridgehead atoms. The summed E-state index contributed by atoms with van der Waals surface area (Å²) in [5.74, 6) is 4.91. The van der Waals surface area contributed by atoms with Crippen molar-refractivity contribution in [2.45, 2.75) is 25.6 Å². The summed E-state index contributed by atoms with van der Waals surface area (Å²) in [4.78, 5) is 11.7. The molecule has 1 unspecified atom stereocenters. The van der Waals surface area contributed by atoms with Crippen LogP contribution < -0.4 is 11.1 Å². The maximum Gasteiger partial charge on any atom is 0.391 e. The summed E-state index contributed by atoms with van der Waals surface area (Å²) in [6.07, 6.45) is -5.35. The maximum atomic E-state index is 12.2. The topological polar surface area (TPSA) is 55.1 Å². The summed E-state index contributed by atoms with van der Waals surface area (Å²) in [6.45, 7) is 1.55. The molecule has 1 amide bonds. The lowest BCUT2D eigenvalue weighted by molar-refractivity contribution is -0.138. The second-order valence-electron chi connectivity index (χ2n) is 4.28. The Morgan fingerprint density at radius 3 is 2.45 bits per heavy atom. The van der Waals surface area contributed by atoms with Gasteiger partial charge in [0.25, 0.3) is 5.91 Å². The van der Waals surface area contributed by atoms with Crippen molar-refractivity contribution < 1.29 is 18.0 Å². The maximum absolute atomic E-state index is 12.2. The van der Waals surface area contributed by atoms with Crippen LogP contribution in [0.1, 0.15) is 29.3 Å². The number of rotatable bonds is 3. The lowest BCUT2D eigenvalue weighted by Gasteiger charge is -2.15. The van der Waals surface area contributed by atoms with E-state index in [1.54, 1.807) is 12.1 Å². The van der Waals surface area contributed by atoms with Gasteiger partial charge in [0.05, 0.1) is 13.0 Å². The van der Waals surface area contributed by atoms with E-state index in [9.17, 15) is 18.0 Å². The molecule has 0 radical (unpaired) electrons. The lowest BCUT2D eigenvalue weighted by Crippen LogP contribution is -2.35. The molecule has 0 saturated carbocycles. The average molecular weight is 284 g/mol. The van der Waals surface area contributed by atoms with Gasteiger partial charge >= 0.3 is 6.18 Å². The summed E-state index contributed by atoms with van der Waals surface area (Å²) in [5.41, 5.74) is 6.21. The molecule has 1 aromatic rings. The fraction of sp³-hybridized carbons (Fsp3) is 0.357. The minimum Gasteiger partial charge on any atom is -0.349 e. The predicted octanol–water partition coefficient (Wildman–Crippen LogP) is 2.07. The molecule has 1 atom stereocenters. The van der Waals surface area contributed by atoms with Crippen LogP contribution in [0.25, 0.3) is 0 Å². The molecule has 6 heteroatoms. The molecule has 0 spiro atoms. The Kier molecular flexibility index (Phi) is 5.59. The van der Waals surface area contributed by atoms with Crippen LogP contribution in [0.4, 0.5) is 13.2 Å². The van der Waals surface area contributed by atoms with Gasteiger partial charge in [-0.2, -0.15) is 13.2 Å². The predicted molar refractivity (Wildman–Crippen MR) is 70.0 cm³/mol. The van der Waals surface area contributed by atoms with Crippen LogP contribution in [0.3, 0.4) is 0 Å². The van der Waals surface area contributed by atoms with Crippen LogP contribution in [0, 0.1) is 11.8 Å². The highest BCUT2D eigenvalue weighted by Crippen LogP contribution is 2.21. The van der Waals surface area contributed by atoms with Crippen molar-refractivity contribution in [1.29, 1.82) is 0 Å². The number of halogens is 3. The highest BCUT2D eigenvalue weighted by molar-refractivity contribution is 5.94. The number of benzene rings is 1. The molecule has 20 heavy (non-hydrogen) atoms. The van der Waals surface area contributed by atoms with E-state index >= 15 is 0 Å². The van der Waals surface area contributed by atoms with Crippen LogP contribution in [0.2, 0.25) is 0 Å². The molecule has 0 aliphatic rings. The van der Waals surface area contributed by atoms with Gasteiger partial charge in [0.2, 0.25) is 0 Å². The third-order valence-corrected chi connectivity index (χ3v) is 2.40. The lowest BCUT2D eigenvalue weighted by atomic mass is 10.1. The van der Waals surface area contributed by atoms with Gasteiger partial charge in [0, 0.05) is 17.2 Å². The number of hydrogen-bond acceptors (Lipinski definition) is 2. The zero-order valence-electron chi connectivity index (χ0n) is 10.9. The molecule has 3 N–H and O–H groups in total. The van der Waals surface area contributed by atoms with Gasteiger partial charge in [-0.05, 0) is 31.2 Å². The summed E-state index contributed by atoms with van der Waals surface area (Å²) in [6, 6.07) is 5.28. The third-order valence-electron chi connectivity index (χ3n) is 2.40. The molecule has 0 heterocycles. The van der Waals surface area contributed by atoms with Crippen molar-refractivity contribution in [2.75, 3.05) is 6.54 Å². The second-order valence-corrected chi connectivity index (χ2v) is 4.28. The SMILES string of the molecule is CC(CC(F)(F)F)NC(=O)c1ccc(C#CCN)cc1. The standard InChI is InChI=1S/C14H15F3N2O/c1-10(9-14(15,16)17)19-13(20)12-6-4-11(5-7-12)3-2-8-18/h4-7,10H,8-9,18H2,1H3,(H,19,20). The number of hydrogen-bond donors (Lipinski definition) is 2. The van der Waals surface area contributed by atoms with E-state index in [0.717, 1.165) is 0 Å². The Morgan fingerprint density at radius 2 is 1.95 bits per heavy atom. The fourth-order valence-corrected chi connectivity index (χ4v) is 1.56. The monoisotopic (exact) mass is 284 g/mol. The first kappa shape index (κ1) is 16.1. The molecule has 0 aliphatic carbocycles. The van der Waals surface area contributed by atoms with Crippen molar-refractivity contribution in [3.63, 3.8) is 0 Å². The van der Waals surface area contributed by atoms with Crippen molar-refractivity contribution in [1.82, 2.24) is 5.32 Å². The van der Waals surface area contributed by atoms with Gasteiger partial charge in [-0.1, -0.05) is 11.8 Å². The quantitative estimate of drug-likeness (QED) is 0.835. The van der Waals surface area contributed by atoms with Gasteiger partial charge in [0.1, 0.15) is 0 Å². The molecular weight excluding hydrogens is 269 g/mol. The Hall–Kier alpha value is -2.00. The molecule has 0 aromatic heterocycles. The highest BCUT2D eigenvalue weighted by atomic mass is 19.4. The fourth-order valence-electron chi connectivity index (χ4n) is 1.56. The molecule has 1 rings (SSSR count). The molecule has 1 aromatic carbocycles. The third kappa shape index (κ3) is 5.76. The summed E-state index contributed by atoms with van der Waals surface area (Å²) in [7, 11) is 0. The normalized spacial score (nSPS) is 12.2. The average Bonchev–Trinajstić information content (AvgIpc) is 2.34. The number of nitrogens with one attached hydrogen (secondary N) is 1. The molecule has 0 aliphatic heterocycles. The summed E-state index contributed by atoms with van der Waals surface area (Å²) in [5, 5.41) is 2.30. The first-order chi connectivity index (χ1) is 9.31. The first-order valence-corrected chi connectivity index (χ1v) is 5.98. The van der Waals surface area contributed by atoms with E-state index in [0.29, 0.717) is 5.56 Å². The Bertz CT molecular complexity index is 512. The van der Waals surface area contributed by atoms with Crippen molar-refractivity contribution >= 4 is 5.91 Å². The number of nitrogens with two attached hydrogens (primary N) is 1. The minimum absolute atomic E-state index is 0.233. The van der Waals surface area contributed by atoms with Crippen LogP contribution >= 0.6 is 0 Å². The Balaban J connectivity index is 2.64. The largest absolute Gasteiger partial charge is 0.391 e. The minimum atomic E-state index is -4.30.